The van der Waals surface area contributed by atoms with E-state index in [1.54, 1.807) is 17.0 Å². The van der Waals surface area contributed by atoms with E-state index in [4.69, 9.17) is 10.2 Å². The number of nitrogen functional groups attached to an aromatic ring is 1. The number of anilines is 1. The van der Waals surface area contributed by atoms with Gasteiger partial charge in [-0.1, -0.05) is 0 Å². The lowest BCUT2D eigenvalue weighted by atomic mass is 10.2. The van der Waals surface area contributed by atoms with Crippen LogP contribution in [0.3, 0.4) is 0 Å². The molecule has 0 radical (unpaired) electrons. The van der Waals surface area contributed by atoms with E-state index in [-0.39, 0.29) is 17.5 Å². The molecule has 6 nitrogen and oxygen atoms in total. The summed E-state index contributed by atoms with van der Waals surface area (Å²) < 4.78 is 30.0. The van der Waals surface area contributed by atoms with Gasteiger partial charge in [-0.15, -0.1) is 0 Å². The fraction of sp³-hybridized carbons (Fsp3) is 0.417. The Morgan fingerprint density at radius 3 is 2.89 bits per heavy atom. The van der Waals surface area contributed by atoms with Crippen LogP contribution in [0.5, 0.6) is 0 Å². The summed E-state index contributed by atoms with van der Waals surface area (Å²) in [5, 5.41) is 4.39. The number of rotatable bonds is 2. The molecule has 1 fully saturated rings. The Balaban J connectivity index is 1.97. The summed E-state index contributed by atoms with van der Waals surface area (Å²) in [6.07, 6.45) is 2.16. The number of aryl methyl sites for hydroxylation is 1. The van der Waals surface area contributed by atoms with E-state index in [0.717, 1.165) is 5.56 Å². The third-order valence-electron chi connectivity index (χ3n) is 3.41. The van der Waals surface area contributed by atoms with E-state index in [1.807, 2.05) is 13.0 Å². The number of nitrogens with two attached hydrogens (primary N) is 1. The first-order chi connectivity index (χ1) is 8.96. The minimum absolute atomic E-state index is 0.107. The van der Waals surface area contributed by atoms with Gasteiger partial charge in [0.05, 0.1) is 23.8 Å². The fourth-order valence-electron chi connectivity index (χ4n) is 2.42. The van der Waals surface area contributed by atoms with Crippen molar-refractivity contribution in [2.75, 3.05) is 17.2 Å². The number of aromatic nitrogens is 2. The van der Waals surface area contributed by atoms with Crippen molar-refractivity contribution in [2.45, 2.75) is 19.4 Å². The van der Waals surface area contributed by atoms with Crippen LogP contribution >= 0.6 is 0 Å². The Bertz CT molecular complexity index is 714. The fourth-order valence-corrected chi connectivity index (χ4v) is 4.11. The first-order valence-electron chi connectivity index (χ1n) is 6.06. The summed E-state index contributed by atoms with van der Waals surface area (Å²) in [5.41, 5.74) is 7.55. The molecule has 3 heterocycles. The van der Waals surface area contributed by atoms with E-state index in [9.17, 15) is 8.42 Å². The molecule has 0 bridgehead atoms. The van der Waals surface area contributed by atoms with E-state index in [2.05, 4.69) is 5.10 Å². The summed E-state index contributed by atoms with van der Waals surface area (Å²) >= 11 is 0. The number of furan rings is 1. The monoisotopic (exact) mass is 281 g/mol. The minimum atomic E-state index is -2.95. The Kier molecular flexibility index (Phi) is 2.67. The molecule has 0 spiro atoms. The predicted octanol–water partition coefficient (Wildman–Crippen LogP) is 1.39. The van der Waals surface area contributed by atoms with Gasteiger partial charge in [-0.2, -0.15) is 5.10 Å². The van der Waals surface area contributed by atoms with Gasteiger partial charge in [0.25, 0.3) is 0 Å². The lowest BCUT2D eigenvalue weighted by Crippen LogP contribution is -2.14. The highest BCUT2D eigenvalue weighted by Gasteiger charge is 2.31. The molecule has 0 saturated carbocycles. The average Bonchev–Trinajstić information content (AvgIpc) is 2.98. The van der Waals surface area contributed by atoms with Crippen LogP contribution in [0.4, 0.5) is 5.82 Å². The normalized spacial score (nSPS) is 21.8. The van der Waals surface area contributed by atoms with Crippen molar-refractivity contribution in [3.63, 3.8) is 0 Å². The van der Waals surface area contributed by atoms with Gasteiger partial charge in [0.15, 0.2) is 15.6 Å². The second-order valence-electron chi connectivity index (χ2n) is 4.89. The van der Waals surface area contributed by atoms with E-state index in [1.165, 1.54) is 0 Å². The van der Waals surface area contributed by atoms with Crippen LogP contribution in [0.15, 0.2) is 22.8 Å². The Labute approximate surface area is 111 Å². The molecule has 7 heteroatoms. The van der Waals surface area contributed by atoms with Gasteiger partial charge >= 0.3 is 0 Å². The molecular formula is C12H15N3O3S. The lowest BCUT2D eigenvalue weighted by molar-refractivity contribution is 0.504. The molecule has 0 aromatic carbocycles. The largest absolute Gasteiger partial charge is 0.462 e. The zero-order chi connectivity index (χ0) is 13.6. The Hall–Kier alpha value is -1.76. The standard InChI is InChI=1S/C12H15N3O3S/c1-8-2-4-18-12(8)10-6-11(13)15(14-10)9-3-5-19(16,17)7-9/h2,4,6,9H,3,5,7,13H2,1H3. The zero-order valence-electron chi connectivity index (χ0n) is 10.5. The summed E-state index contributed by atoms with van der Waals surface area (Å²) in [7, 11) is -2.95. The van der Waals surface area contributed by atoms with Crippen molar-refractivity contribution < 1.29 is 12.8 Å². The molecule has 1 aliphatic rings. The van der Waals surface area contributed by atoms with Crippen molar-refractivity contribution in [3.8, 4) is 11.5 Å². The predicted molar refractivity (Wildman–Crippen MR) is 71.4 cm³/mol. The minimum Gasteiger partial charge on any atom is -0.462 e. The summed E-state index contributed by atoms with van der Waals surface area (Å²) in [6.45, 7) is 1.92. The molecule has 19 heavy (non-hydrogen) atoms. The van der Waals surface area contributed by atoms with Gasteiger partial charge in [-0.05, 0) is 25.0 Å². The SMILES string of the molecule is Cc1ccoc1-c1cc(N)n(C2CCS(=O)(=O)C2)n1. The number of hydrogen-bond donors (Lipinski definition) is 1. The van der Waals surface area contributed by atoms with Crippen LogP contribution in [0.1, 0.15) is 18.0 Å². The smallest absolute Gasteiger partial charge is 0.157 e. The first kappa shape index (κ1) is 12.3. The number of nitrogens with zero attached hydrogens (tertiary/aromatic N) is 2. The highest BCUT2D eigenvalue weighted by molar-refractivity contribution is 7.91. The summed E-state index contributed by atoms with van der Waals surface area (Å²) in [5.74, 6) is 1.45. The molecule has 2 aromatic rings. The quantitative estimate of drug-likeness (QED) is 0.898. The van der Waals surface area contributed by atoms with Crippen molar-refractivity contribution >= 4 is 15.7 Å². The van der Waals surface area contributed by atoms with E-state index >= 15 is 0 Å². The van der Waals surface area contributed by atoms with Crippen LogP contribution in [0.25, 0.3) is 11.5 Å². The molecule has 3 rings (SSSR count). The first-order valence-corrected chi connectivity index (χ1v) is 7.88. The lowest BCUT2D eigenvalue weighted by Gasteiger charge is -2.09. The van der Waals surface area contributed by atoms with E-state index < -0.39 is 9.84 Å². The molecule has 102 valence electrons. The van der Waals surface area contributed by atoms with Crippen molar-refractivity contribution in [1.82, 2.24) is 9.78 Å². The molecule has 1 saturated heterocycles. The summed E-state index contributed by atoms with van der Waals surface area (Å²) in [4.78, 5) is 0. The molecule has 0 aliphatic carbocycles. The van der Waals surface area contributed by atoms with Crippen LogP contribution in [-0.2, 0) is 9.84 Å². The Morgan fingerprint density at radius 2 is 2.32 bits per heavy atom. The topological polar surface area (TPSA) is 91.1 Å². The van der Waals surface area contributed by atoms with Gasteiger partial charge in [-0.3, -0.25) is 0 Å². The van der Waals surface area contributed by atoms with Crippen molar-refractivity contribution in [1.29, 1.82) is 0 Å². The molecule has 1 unspecified atom stereocenters. The third-order valence-corrected chi connectivity index (χ3v) is 5.16. The van der Waals surface area contributed by atoms with Gasteiger partial charge < -0.3 is 10.2 Å². The third kappa shape index (κ3) is 2.14. The maximum absolute atomic E-state index is 11.5. The average molecular weight is 281 g/mol. The van der Waals surface area contributed by atoms with E-state index in [0.29, 0.717) is 23.7 Å². The summed E-state index contributed by atoms with van der Waals surface area (Å²) in [6, 6.07) is 3.40. The van der Waals surface area contributed by atoms with Crippen LogP contribution in [-0.4, -0.2) is 29.7 Å². The maximum Gasteiger partial charge on any atom is 0.157 e. The van der Waals surface area contributed by atoms with Crippen LogP contribution in [0, 0.1) is 6.92 Å². The zero-order valence-corrected chi connectivity index (χ0v) is 11.4. The van der Waals surface area contributed by atoms with Gasteiger partial charge in [0.2, 0.25) is 0 Å². The highest BCUT2D eigenvalue weighted by Crippen LogP contribution is 2.30. The van der Waals surface area contributed by atoms with Crippen LogP contribution < -0.4 is 5.73 Å². The van der Waals surface area contributed by atoms with Gasteiger partial charge in [-0.25, -0.2) is 13.1 Å². The molecule has 2 N–H and O–H groups in total. The Morgan fingerprint density at radius 1 is 1.53 bits per heavy atom. The maximum atomic E-state index is 11.5. The number of hydrogen-bond acceptors (Lipinski definition) is 5. The molecule has 1 atom stereocenters. The molecule has 0 amide bonds. The number of sulfone groups is 1. The molecule has 1 aliphatic heterocycles. The van der Waals surface area contributed by atoms with Crippen molar-refractivity contribution in [3.05, 3.63) is 24.0 Å². The van der Waals surface area contributed by atoms with Crippen LogP contribution in [0.2, 0.25) is 0 Å². The molecular weight excluding hydrogens is 266 g/mol. The van der Waals surface area contributed by atoms with Gasteiger partial charge in [0.1, 0.15) is 11.5 Å². The second kappa shape index (κ2) is 4.12. The van der Waals surface area contributed by atoms with Crippen molar-refractivity contribution in [2.24, 2.45) is 0 Å². The second-order valence-corrected chi connectivity index (χ2v) is 7.12. The highest BCUT2D eigenvalue weighted by atomic mass is 32.2. The van der Waals surface area contributed by atoms with Gasteiger partial charge in [0, 0.05) is 6.07 Å². The molecule has 2 aromatic heterocycles.